The fraction of sp³-hybridized carbons (Fsp3) is 0.645. The summed E-state index contributed by atoms with van der Waals surface area (Å²) in [5.74, 6) is -1.30. The van der Waals surface area contributed by atoms with Crippen LogP contribution in [0.4, 0.5) is 0 Å². The van der Waals surface area contributed by atoms with E-state index in [1.54, 1.807) is 6.08 Å². The zero-order chi connectivity index (χ0) is 26.5. The molecule has 0 aromatic heterocycles. The molecule has 8 heteroatoms. The van der Waals surface area contributed by atoms with Crippen molar-refractivity contribution in [1.82, 2.24) is 0 Å². The van der Waals surface area contributed by atoms with Gasteiger partial charge >= 0.3 is 17.9 Å². The van der Waals surface area contributed by atoms with Gasteiger partial charge in [-0.15, -0.1) is 0 Å². The first kappa shape index (κ1) is 23.8. The van der Waals surface area contributed by atoms with Gasteiger partial charge in [0, 0.05) is 23.7 Å². The molecule has 1 saturated heterocycles. The van der Waals surface area contributed by atoms with Crippen LogP contribution in [-0.2, 0) is 33.3 Å². The quantitative estimate of drug-likeness (QED) is 0.239. The second-order valence-electron chi connectivity index (χ2n) is 13.4. The van der Waals surface area contributed by atoms with E-state index in [4.69, 9.17) is 18.9 Å². The Kier molecular flexibility index (Phi) is 5.03. The lowest BCUT2D eigenvalue weighted by Crippen LogP contribution is -2.63. The van der Waals surface area contributed by atoms with Crippen LogP contribution >= 0.6 is 0 Å². The molecule has 8 nitrogen and oxygen atoms in total. The van der Waals surface area contributed by atoms with Crippen LogP contribution in [0.1, 0.15) is 64.2 Å². The summed E-state index contributed by atoms with van der Waals surface area (Å²) in [7, 11) is 0. The third kappa shape index (κ3) is 3.45. The zero-order valence-electron chi connectivity index (χ0n) is 21.9. The molecule has 2 heterocycles. The second-order valence-corrected chi connectivity index (χ2v) is 13.4. The largest absolute Gasteiger partial charge is 0.480 e. The molecule has 0 amide bonds. The van der Waals surface area contributed by atoms with Crippen molar-refractivity contribution in [2.45, 2.75) is 75.8 Å². The minimum absolute atomic E-state index is 0.0490. The number of rotatable bonds is 3. The SMILES string of the molecule is O=C1OC2(OC(=O)C1=C/C=C/C=C/C1=C(O)OC3(OC1=O)C1CC4CC(C1)CC3C4)C1CC3CC(C1)CC2C3. The predicted octanol–water partition coefficient (Wildman–Crippen LogP) is 4.77. The van der Waals surface area contributed by atoms with Crippen molar-refractivity contribution in [3.8, 4) is 0 Å². The van der Waals surface area contributed by atoms with Crippen LogP contribution in [0.3, 0.4) is 0 Å². The van der Waals surface area contributed by atoms with Gasteiger partial charge in [0.05, 0.1) is 0 Å². The molecule has 1 N–H and O–H groups in total. The van der Waals surface area contributed by atoms with Gasteiger partial charge < -0.3 is 24.1 Å². The van der Waals surface area contributed by atoms with Crippen molar-refractivity contribution < 1.29 is 38.4 Å². The van der Waals surface area contributed by atoms with Crippen LogP contribution in [0.25, 0.3) is 0 Å². The lowest BCUT2D eigenvalue weighted by molar-refractivity contribution is -0.325. The number of aliphatic hydroxyl groups is 1. The molecule has 2 spiro atoms. The number of aliphatic hydroxyl groups excluding tert-OH is 1. The van der Waals surface area contributed by atoms with E-state index in [-0.39, 0.29) is 34.8 Å². The zero-order valence-corrected chi connectivity index (χ0v) is 21.9. The van der Waals surface area contributed by atoms with Gasteiger partial charge in [0.1, 0.15) is 11.1 Å². The molecule has 0 unspecified atom stereocenters. The van der Waals surface area contributed by atoms with Crippen LogP contribution in [0.15, 0.2) is 47.5 Å². The Morgan fingerprint density at radius 3 is 1.46 bits per heavy atom. The van der Waals surface area contributed by atoms with E-state index in [1.165, 1.54) is 37.1 Å². The van der Waals surface area contributed by atoms with Gasteiger partial charge in [0.25, 0.3) is 17.5 Å². The molecule has 10 aliphatic rings. The molecule has 8 aliphatic carbocycles. The van der Waals surface area contributed by atoms with Gasteiger partial charge in [-0.2, -0.15) is 0 Å². The minimum Gasteiger partial charge on any atom is -0.480 e. The molecule has 0 aromatic rings. The van der Waals surface area contributed by atoms with E-state index in [2.05, 4.69) is 0 Å². The summed E-state index contributed by atoms with van der Waals surface area (Å²) in [6.07, 6.45) is 17.6. The third-order valence-electron chi connectivity index (χ3n) is 11.2. The van der Waals surface area contributed by atoms with Gasteiger partial charge in [-0.05, 0) is 100 Å². The maximum atomic E-state index is 12.9. The number of allylic oxidation sites excluding steroid dienone is 4. The Hall–Kier alpha value is -3.03. The molecule has 8 saturated carbocycles. The number of esters is 3. The highest BCUT2D eigenvalue weighted by Crippen LogP contribution is 2.62. The third-order valence-corrected chi connectivity index (χ3v) is 11.2. The van der Waals surface area contributed by atoms with Crippen LogP contribution in [0, 0.1) is 47.3 Å². The van der Waals surface area contributed by atoms with Gasteiger partial charge in [-0.1, -0.05) is 18.2 Å². The standard InChI is InChI=1S/C31H34O8/c32-26-24(27(33)37-30(36-26)20-8-16-6-17(10-20)11-21(30)9-16)4-2-1-3-5-25-28(34)38-31(39-29(25)35)22-12-18-7-19(14-22)15-23(31)13-18/h1-5,16-23,32H,6-15H2/b3-1+,4-2+,25-5?. The summed E-state index contributed by atoms with van der Waals surface area (Å²) in [4.78, 5) is 38.7. The molecule has 10 rings (SSSR count). The first-order chi connectivity index (χ1) is 18.8. The van der Waals surface area contributed by atoms with E-state index in [0.29, 0.717) is 23.7 Å². The van der Waals surface area contributed by atoms with Crippen LogP contribution in [0.2, 0.25) is 0 Å². The summed E-state index contributed by atoms with van der Waals surface area (Å²) < 4.78 is 23.7. The van der Waals surface area contributed by atoms with Crippen molar-refractivity contribution >= 4 is 17.9 Å². The van der Waals surface area contributed by atoms with Crippen molar-refractivity contribution in [1.29, 1.82) is 0 Å². The molecule has 0 atom stereocenters. The number of hydrogen-bond donors (Lipinski definition) is 1. The topological polar surface area (TPSA) is 108 Å². The molecule has 9 fully saturated rings. The molecular weight excluding hydrogens is 500 g/mol. The van der Waals surface area contributed by atoms with Gasteiger partial charge in [-0.3, -0.25) is 0 Å². The summed E-state index contributed by atoms with van der Waals surface area (Å²) in [5, 5.41) is 10.7. The normalized spacial score (nSPS) is 47.4. The predicted molar refractivity (Wildman–Crippen MR) is 135 cm³/mol. The Morgan fingerprint density at radius 2 is 1.00 bits per heavy atom. The lowest BCUT2D eigenvalue weighted by atomic mass is 9.53. The van der Waals surface area contributed by atoms with E-state index in [9.17, 15) is 19.5 Å². The molecule has 39 heavy (non-hydrogen) atoms. The summed E-state index contributed by atoms with van der Waals surface area (Å²) >= 11 is 0. The molecule has 8 bridgehead atoms. The van der Waals surface area contributed by atoms with Crippen molar-refractivity contribution in [3.63, 3.8) is 0 Å². The average Bonchev–Trinajstić information content (AvgIpc) is 2.87. The van der Waals surface area contributed by atoms with E-state index in [0.717, 1.165) is 51.4 Å². The average molecular weight is 535 g/mol. The van der Waals surface area contributed by atoms with Crippen molar-refractivity contribution in [3.05, 3.63) is 47.5 Å². The van der Waals surface area contributed by atoms with Crippen LogP contribution < -0.4 is 0 Å². The van der Waals surface area contributed by atoms with Crippen molar-refractivity contribution in [2.24, 2.45) is 47.3 Å². The molecule has 0 aromatic carbocycles. The fourth-order valence-electron chi connectivity index (χ4n) is 10.0. The highest BCUT2D eigenvalue weighted by Gasteiger charge is 2.65. The van der Waals surface area contributed by atoms with E-state index >= 15 is 0 Å². The Morgan fingerprint density at radius 1 is 0.564 bits per heavy atom. The van der Waals surface area contributed by atoms with Crippen molar-refractivity contribution in [2.75, 3.05) is 0 Å². The fourth-order valence-corrected chi connectivity index (χ4v) is 10.0. The Labute approximate surface area is 227 Å². The molecular formula is C31H34O8. The smallest absolute Gasteiger partial charge is 0.348 e. The Balaban J connectivity index is 0.948. The first-order valence-corrected chi connectivity index (χ1v) is 14.7. The highest BCUT2D eigenvalue weighted by molar-refractivity contribution is 6.15. The second kappa shape index (κ2) is 8.24. The van der Waals surface area contributed by atoms with Crippen LogP contribution in [0.5, 0.6) is 0 Å². The van der Waals surface area contributed by atoms with Gasteiger partial charge in [0.2, 0.25) is 0 Å². The monoisotopic (exact) mass is 534 g/mol. The number of ether oxygens (including phenoxy) is 4. The molecule has 2 aliphatic heterocycles. The highest BCUT2D eigenvalue weighted by atomic mass is 16.8. The number of carbonyl (C=O) groups excluding carboxylic acids is 3. The summed E-state index contributed by atoms with van der Waals surface area (Å²) in [5.41, 5.74) is -0.197. The summed E-state index contributed by atoms with van der Waals surface area (Å²) in [6, 6.07) is 0. The lowest BCUT2D eigenvalue weighted by Gasteiger charge is -2.59. The maximum Gasteiger partial charge on any atom is 0.348 e. The first-order valence-electron chi connectivity index (χ1n) is 14.7. The minimum atomic E-state index is -1.09. The number of hydrogen-bond acceptors (Lipinski definition) is 8. The maximum absolute atomic E-state index is 12.9. The molecule has 206 valence electrons. The van der Waals surface area contributed by atoms with Crippen LogP contribution in [-0.4, -0.2) is 34.6 Å². The van der Waals surface area contributed by atoms with E-state index in [1.807, 2.05) is 0 Å². The summed E-state index contributed by atoms with van der Waals surface area (Å²) in [6.45, 7) is 0. The molecule has 0 radical (unpaired) electrons. The van der Waals surface area contributed by atoms with E-state index < -0.39 is 35.4 Å². The number of carbonyl (C=O) groups is 3. The van der Waals surface area contributed by atoms with Gasteiger partial charge in [0.15, 0.2) is 0 Å². The van der Waals surface area contributed by atoms with Gasteiger partial charge in [-0.25, -0.2) is 14.4 Å². The Bertz CT molecular complexity index is 1190.